The zero-order valence-electron chi connectivity index (χ0n) is 7.04. The molecule has 5 heteroatoms. The van der Waals surface area contributed by atoms with E-state index in [4.69, 9.17) is 0 Å². The van der Waals surface area contributed by atoms with Crippen LogP contribution in [0.4, 0.5) is 0 Å². The number of benzene rings is 1. The maximum absolute atomic E-state index is 11.3. The van der Waals surface area contributed by atoms with E-state index in [1.807, 2.05) is 6.07 Å². The number of hydrogen-bond donors (Lipinski definition) is 0. The maximum atomic E-state index is 11.3. The van der Waals surface area contributed by atoms with Crippen LogP contribution < -0.4 is 0 Å². The minimum atomic E-state index is -0.440. The van der Waals surface area contributed by atoms with Crippen LogP contribution in [0.3, 0.4) is 0 Å². The quantitative estimate of drug-likeness (QED) is 0.704. The Hall–Kier alpha value is -1.75. The summed E-state index contributed by atoms with van der Waals surface area (Å²) in [6.07, 6.45) is 3.03. The van der Waals surface area contributed by atoms with Crippen LogP contribution in [0.2, 0.25) is 0 Å². The lowest BCUT2D eigenvalue weighted by molar-refractivity contribution is 0.101. The molecule has 1 aromatic heterocycles. The van der Waals surface area contributed by atoms with Gasteiger partial charge >= 0.3 is 0 Å². The number of aromatic nitrogens is 2. The molecular weight excluding hydrogens is 198 g/mol. The Morgan fingerprint density at radius 1 is 1.43 bits per heavy atom. The van der Waals surface area contributed by atoms with Crippen LogP contribution in [0.15, 0.2) is 35.1 Å². The first kappa shape index (κ1) is 8.83. The molecule has 0 bridgehead atoms. The van der Waals surface area contributed by atoms with Gasteiger partial charge in [-0.15, -0.1) is 4.36 Å². The van der Waals surface area contributed by atoms with Crippen LogP contribution in [-0.4, -0.2) is 15.9 Å². The lowest BCUT2D eigenvalue weighted by atomic mass is 10.1. The van der Waals surface area contributed by atoms with E-state index < -0.39 is 5.91 Å². The Balaban J connectivity index is 2.77. The van der Waals surface area contributed by atoms with E-state index >= 15 is 0 Å². The van der Waals surface area contributed by atoms with Crippen molar-refractivity contribution in [3.05, 3.63) is 36.3 Å². The third-order valence-corrected chi connectivity index (χ3v) is 2.01. The number of carbonyl (C=O) groups excluding carboxylic acids is 1. The minimum Gasteiger partial charge on any atom is -0.266 e. The van der Waals surface area contributed by atoms with Crippen LogP contribution in [0.25, 0.3) is 10.9 Å². The predicted octanol–water partition coefficient (Wildman–Crippen LogP) is 1.50. The smallest absolute Gasteiger partial charge is 0.266 e. The van der Waals surface area contributed by atoms with Gasteiger partial charge in [-0.1, -0.05) is 12.1 Å². The van der Waals surface area contributed by atoms with Crippen molar-refractivity contribution in [2.45, 2.75) is 0 Å². The van der Waals surface area contributed by atoms with Crippen molar-refractivity contribution >= 4 is 29.2 Å². The second kappa shape index (κ2) is 3.55. The molecule has 0 atom stereocenters. The molecule has 0 aliphatic heterocycles. The summed E-state index contributed by atoms with van der Waals surface area (Å²) in [5.41, 5.74) is 1.00. The highest BCUT2D eigenvalue weighted by Crippen LogP contribution is 2.15. The molecule has 0 aliphatic rings. The van der Waals surface area contributed by atoms with Gasteiger partial charge in [0.15, 0.2) is 0 Å². The molecule has 14 heavy (non-hydrogen) atoms. The Kier molecular flexibility index (Phi) is 2.24. The Morgan fingerprint density at radius 2 is 2.29 bits per heavy atom. The fourth-order valence-corrected chi connectivity index (χ4v) is 1.33. The van der Waals surface area contributed by atoms with Gasteiger partial charge in [0, 0.05) is 24.0 Å². The highest BCUT2D eigenvalue weighted by atomic mass is 32.1. The molecule has 0 unspecified atom stereocenters. The molecule has 0 saturated heterocycles. The highest BCUT2D eigenvalue weighted by Gasteiger charge is 2.08. The van der Waals surface area contributed by atoms with Crippen molar-refractivity contribution in [3.63, 3.8) is 0 Å². The first-order chi connectivity index (χ1) is 6.83. The van der Waals surface area contributed by atoms with E-state index in [1.165, 1.54) is 6.33 Å². The summed E-state index contributed by atoms with van der Waals surface area (Å²) in [6.45, 7) is 0. The lowest BCUT2D eigenvalue weighted by Crippen LogP contribution is -1.96. The van der Waals surface area contributed by atoms with Gasteiger partial charge in [-0.2, -0.15) is 0 Å². The molecule has 0 aliphatic carbocycles. The molecule has 1 heterocycles. The molecular formula is C9H5N3OS. The summed E-state index contributed by atoms with van der Waals surface area (Å²) in [4.78, 5) is 19.2. The largest absolute Gasteiger partial charge is 0.290 e. The molecule has 4 nitrogen and oxygen atoms in total. The van der Waals surface area contributed by atoms with Crippen LogP contribution in [0, 0.1) is 0 Å². The van der Waals surface area contributed by atoms with E-state index in [1.54, 1.807) is 18.3 Å². The van der Waals surface area contributed by atoms with E-state index in [2.05, 4.69) is 26.8 Å². The zero-order valence-corrected chi connectivity index (χ0v) is 7.86. The molecule has 0 saturated carbocycles. The van der Waals surface area contributed by atoms with E-state index in [0.29, 0.717) is 11.1 Å². The molecule has 2 rings (SSSR count). The van der Waals surface area contributed by atoms with Crippen LogP contribution >= 0.6 is 0 Å². The first-order valence-corrected chi connectivity index (χ1v) is 4.26. The fraction of sp³-hybridized carbons (Fsp3) is 0. The SMILES string of the molecule is O=C(N=S)c1cccc2cncnc12. The van der Waals surface area contributed by atoms with Crippen molar-refractivity contribution in [2.24, 2.45) is 4.36 Å². The van der Waals surface area contributed by atoms with Crippen LogP contribution in [0.1, 0.15) is 10.4 Å². The molecule has 0 spiro atoms. The third kappa shape index (κ3) is 1.38. The number of fused-ring (bicyclic) bond motifs is 1. The summed E-state index contributed by atoms with van der Waals surface area (Å²) in [6, 6.07) is 5.22. The highest BCUT2D eigenvalue weighted by molar-refractivity contribution is 7.47. The summed E-state index contributed by atoms with van der Waals surface area (Å²) in [7, 11) is 0. The summed E-state index contributed by atoms with van der Waals surface area (Å²) < 4.78 is 3.19. The van der Waals surface area contributed by atoms with Crippen molar-refractivity contribution in [2.75, 3.05) is 0 Å². The second-order valence-electron chi connectivity index (χ2n) is 2.66. The van der Waals surface area contributed by atoms with Gasteiger partial charge in [0.05, 0.1) is 11.1 Å². The monoisotopic (exact) mass is 203 g/mol. The number of rotatable bonds is 1. The number of carbonyl (C=O) groups is 1. The van der Waals surface area contributed by atoms with Crippen LogP contribution in [0.5, 0.6) is 0 Å². The topological polar surface area (TPSA) is 55.2 Å². The molecule has 0 N–H and O–H groups in total. The average molecular weight is 203 g/mol. The summed E-state index contributed by atoms with van der Waals surface area (Å²) in [5, 5.41) is 0.803. The maximum Gasteiger partial charge on any atom is 0.290 e. The number of para-hydroxylation sites is 1. The van der Waals surface area contributed by atoms with E-state index in [-0.39, 0.29) is 0 Å². The van der Waals surface area contributed by atoms with Gasteiger partial charge in [0.1, 0.15) is 6.33 Å². The van der Waals surface area contributed by atoms with Crippen molar-refractivity contribution in [3.8, 4) is 0 Å². The number of amides is 1. The first-order valence-electron chi connectivity index (χ1n) is 3.89. The van der Waals surface area contributed by atoms with Crippen LogP contribution in [-0.2, 0) is 12.4 Å². The molecule has 1 aromatic carbocycles. The van der Waals surface area contributed by atoms with Gasteiger partial charge in [0.25, 0.3) is 5.91 Å². The number of nitrogens with zero attached hydrogens (tertiary/aromatic N) is 3. The summed E-state index contributed by atoms with van der Waals surface area (Å²) in [5.74, 6) is -0.440. The van der Waals surface area contributed by atoms with Gasteiger partial charge in [-0.05, 0) is 6.07 Å². The number of hydrogen-bond acceptors (Lipinski definition) is 4. The standard InChI is InChI=1S/C9H5N3OS/c13-9(12-14)7-3-1-2-6-4-10-5-11-8(6)7/h1-5H. The minimum absolute atomic E-state index is 0.417. The summed E-state index contributed by atoms with van der Waals surface area (Å²) >= 11 is 4.35. The van der Waals surface area contributed by atoms with Gasteiger partial charge < -0.3 is 0 Å². The van der Waals surface area contributed by atoms with Gasteiger partial charge in [-0.25, -0.2) is 9.97 Å². The molecule has 1 amide bonds. The Labute approximate surface area is 85.2 Å². The fourth-order valence-electron chi connectivity index (χ4n) is 1.24. The lowest BCUT2D eigenvalue weighted by Gasteiger charge is -1.99. The van der Waals surface area contributed by atoms with Crippen molar-refractivity contribution in [1.82, 2.24) is 9.97 Å². The van der Waals surface area contributed by atoms with Crippen molar-refractivity contribution in [1.29, 1.82) is 0 Å². The van der Waals surface area contributed by atoms with Gasteiger partial charge in [0.2, 0.25) is 0 Å². The van der Waals surface area contributed by atoms with E-state index in [0.717, 1.165) is 5.39 Å². The molecule has 68 valence electrons. The van der Waals surface area contributed by atoms with Gasteiger partial charge in [-0.3, -0.25) is 4.79 Å². The third-order valence-electron chi connectivity index (χ3n) is 1.85. The molecule has 0 fully saturated rings. The molecule has 2 aromatic rings. The van der Waals surface area contributed by atoms with E-state index in [9.17, 15) is 4.79 Å². The normalized spacial score (nSPS) is 10.0. The predicted molar refractivity (Wildman–Crippen MR) is 53.7 cm³/mol. The Bertz CT molecular complexity index is 507. The van der Waals surface area contributed by atoms with Crippen molar-refractivity contribution < 1.29 is 4.79 Å². The molecule has 0 radical (unpaired) electrons. The second-order valence-corrected chi connectivity index (χ2v) is 2.85. The Morgan fingerprint density at radius 3 is 3.07 bits per heavy atom. The zero-order chi connectivity index (χ0) is 9.97. The average Bonchev–Trinajstić information content (AvgIpc) is 2.27.